The molecule has 0 aromatic heterocycles. The highest BCUT2D eigenvalue weighted by molar-refractivity contribution is 7.92. The summed E-state index contributed by atoms with van der Waals surface area (Å²) in [6, 6.07) is 19.0. The van der Waals surface area contributed by atoms with Gasteiger partial charge in [0.1, 0.15) is 17.5 Å². The minimum atomic E-state index is -3.58. The number of hydrogen-bond donors (Lipinski definition) is 0. The van der Waals surface area contributed by atoms with Crippen LogP contribution in [0.3, 0.4) is 0 Å². The number of piperidine rings is 1. The van der Waals surface area contributed by atoms with E-state index in [1.807, 2.05) is 76.2 Å². The number of sulfonamides is 1. The molecule has 1 fully saturated rings. The first-order chi connectivity index (χ1) is 20.0. The average Bonchev–Trinajstić information content (AvgIpc) is 3.35. The number of unbranched alkanes of at least 4 members (excludes halogenated alkanes) is 1. The molecule has 0 aliphatic carbocycles. The van der Waals surface area contributed by atoms with Crippen LogP contribution in [-0.4, -0.2) is 50.0 Å². The van der Waals surface area contributed by atoms with Crippen LogP contribution in [0.5, 0.6) is 5.75 Å². The van der Waals surface area contributed by atoms with E-state index in [4.69, 9.17) is 9.47 Å². The largest absolute Gasteiger partial charge is 0.490 e. The molecule has 1 amide bonds. The Morgan fingerprint density at radius 3 is 2.45 bits per heavy atom. The fraction of sp³-hybridized carbons (Fsp3) is 0.455. The van der Waals surface area contributed by atoms with E-state index in [1.54, 1.807) is 15.3 Å². The average molecular weight is 590 g/mol. The molecule has 1 unspecified atom stereocenters. The van der Waals surface area contributed by atoms with Crippen molar-refractivity contribution in [2.75, 3.05) is 23.1 Å². The van der Waals surface area contributed by atoms with Crippen molar-refractivity contribution in [1.29, 1.82) is 5.26 Å². The van der Waals surface area contributed by atoms with E-state index in [2.05, 4.69) is 6.07 Å². The lowest BCUT2D eigenvalue weighted by Crippen LogP contribution is -2.44. The summed E-state index contributed by atoms with van der Waals surface area (Å²) in [5.41, 5.74) is 2.55. The van der Waals surface area contributed by atoms with E-state index in [0.29, 0.717) is 55.8 Å². The van der Waals surface area contributed by atoms with Crippen LogP contribution in [0.25, 0.3) is 10.8 Å². The number of benzene rings is 3. The van der Waals surface area contributed by atoms with Gasteiger partial charge >= 0.3 is 6.09 Å². The van der Waals surface area contributed by atoms with Gasteiger partial charge < -0.3 is 14.4 Å². The van der Waals surface area contributed by atoms with Crippen molar-refractivity contribution in [1.82, 2.24) is 4.90 Å². The number of rotatable bonds is 7. The third kappa shape index (κ3) is 6.49. The Balaban J connectivity index is 1.37. The number of nitrogens with zero attached hydrogens (tertiary/aromatic N) is 3. The second-order valence-electron chi connectivity index (χ2n) is 12.2. The fourth-order valence-electron chi connectivity index (χ4n) is 5.71. The highest BCUT2D eigenvalue weighted by Crippen LogP contribution is 2.44. The number of nitriles is 1. The number of hydrogen-bond acceptors (Lipinski definition) is 6. The zero-order valence-corrected chi connectivity index (χ0v) is 25.6. The highest BCUT2D eigenvalue weighted by atomic mass is 32.2. The van der Waals surface area contributed by atoms with Gasteiger partial charge in [-0.1, -0.05) is 31.5 Å². The van der Waals surface area contributed by atoms with Crippen LogP contribution >= 0.6 is 0 Å². The van der Waals surface area contributed by atoms with Crippen molar-refractivity contribution < 1.29 is 22.7 Å². The van der Waals surface area contributed by atoms with Crippen molar-refractivity contribution in [3.63, 3.8) is 0 Å². The molecule has 0 bridgehead atoms. The normalized spacial score (nSPS) is 17.6. The Morgan fingerprint density at radius 2 is 1.76 bits per heavy atom. The molecule has 0 spiro atoms. The van der Waals surface area contributed by atoms with Crippen LogP contribution in [0.4, 0.5) is 10.5 Å². The van der Waals surface area contributed by atoms with E-state index in [9.17, 15) is 18.5 Å². The predicted octanol–water partition coefficient (Wildman–Crippen LogP) is 6.72. The van der Waals surface area contributed by atoms with Crippen LogP contribution in [0.1, 0.15) is 76.1 Å². The van der Waals surface area contributed by atoms with E-state index in [0.717, 1.165) is 28.3 Å². The molecule has 3 aromatic carbocycles. The summed E-state index contributed by atoms with van der Waals surface area (Å²) in [7, 11) is -3.58. The van der Waals surface area contributed by atoms with E-state index < -0.39 is 15.6 Å². The summed E-state index contributed by atoms with van der Waals surface area (Å²) in [5.74, 6) is 0.785. The van der Waals surface area contributed by atoms with Gasteiger partial charge in [-0.05, 0) is 85.5 Å². The fourth-order valence-corrected chi connectivity index (χ4v) is 7.62. The third-order valence-corrected chi connectivity index (χ3v) is 9.67. The lowest BCUT2D eigenvalue weighted by Gasteiger charge is -2.33. The number of carbonyl (C=O) groups is 1. The number of fused-ring (bicyclic) bond motifs is 2. The lowest BCUT2D eigenvalue weighted by molar-refractivity contribution is 0.0126. The first-order valence-electron chi connectivity index (χ1n) is 14.7. The van der Waals surface area contributed by atoms with Gasteiger partial charge in [0, 0.05) is 32.4 Å². The summed E-state index contributed by atoms with van der Waals surface area (Å²) < 4.78 is 40.8. The summed E-state index contributed by atoms with van der Waals surface area (Å²) in [4.78, 5) is 14.2. The second-order valence-corrected chi connectivity index (χ2v) is 14.2. The number of ether oxygens (including phenoxy) is 2. The molecule has 222 valence electrons. The topological polar surface area (TPSA) is 99.9 Å². The summed E-state index contributed by atoms with van der Waals surface area (Å²) in [5, 5.41) is 11.3. The van der Waals surface area contributed by atoms with E-state index >= 15 is 0 Å². The maximum absolute atomic E-state index is 13.7. The molecule has 8 nitrogen and oxygen atoms in total. The van der Waals surface area contributed by atoms with Gasteiger partial charge in [-0.15, -0.1) is 0 Å². The van der Waals surface area contributed by atoms with Gasteiger partial charge in [0.05, 0.1) is 29.1 Å². The molecule has 2 aliphatic rings. The first kappa shape index (κ1) is 29.7. The van der Waals surface area contributed by atoms with Gasteiger partial charge in [0.25, 0.3) is 0 Å². The third-order valence-electron chi connectivity index (χ3n) is 7.81. The second kappa shape index (κ2) is 11.8. The summed E-state index contributed by atoms with van der Waals surface area (Å²) >= 11 is 0. The molecule has 5 rings (SSSR count). The number of amides is 1. The van der Waals surface area contributed by atoms with Gasteiger partial charge in [-0.25, -0.2) is 13.2 Å². The van der Waals surface area contributed by atoms with Crippen molar-refractivity contribution in [2.24, 2.45) is 0 Å². The Morgan fingerprint density at radius 1 is 1.02 bits per heavy atom. The van der Waals surface area contributed by atoms with Crippen molar-refractivity contribution in [3.8, 4) is 11.8 Å². The van der Waals surface area contributed by atoms with Gasteiger partial charge in [0.15, 0.2) is 0 Å². The molecule has 9 heteroatoms. The zero-order chi connectivity index (χ0) is 30.1. The molecule has 0 N–H and O–H groups in total. The minimum absolute atomic E-state index is 0.0434. The van der Waals surface area contributed by atoms with E-state index in [-0.39, 0.29) is 24.0 Å². The van der Waals surface area contributed by atoms with Crippen LogP contribution in [0, 0.1) is 11.3 Å². The standard InChI is InChI=1S/C33H39N3O5S/c1-5-6-17-42(38,39)36-30-12-11-29(40-28-13-15-35(16-14-28)32(37)41-33(2,3)4)20-27(30)21-31(36)25-10-9-24-8-7-23(22-34)18-26(24)19-25/h7-12,18-20,28,31H,5-6,13-17,21H2,1-4H3. The monoisotopic (exact) mass is 589 g/mol. The molecular formula is C33H39N3O5S. The predicted molar refractivity (Wildman–Crippen MR) is 164 cm³/mol. The van der Waals surface area contributed by atoms with Crippen LogP contribution in [0.15, 0.2) is 54.6 Å². The smallest absolute Gasteiger partial charge is 0.410 e. The van der Waals surface area contributed by atoms with Gasteiger partial charge in [-0.3, -0.25) is 4.31 Å². The maximum Gasteiger partial charge on any atom is 0.410 e. The van der Waals surface area contributed by atoms with Crippen molar-refractivity contribution >= 4 is 32.6 Å². The van der Waals surface area contributed by atoms with Gasteiger partial charge in [-0.2, -0.15) is 5.26 Å². The number of anilines is 1. The number of carbonyl (C=O) groups excluding carboxylic acids is 1. The highest BCUT2D eigenvalue weighted by Gasteiger charge is 2.38. The lowest BCUT2D eigenvalue weighted by atomic mass is 9.98. The molecule has 1 saturated heterocycles. The van der Waals surface area contributed by atoms with Crippen molar-refractivity contribution in [2.45, 2.75) is 77.5 Å². The Bertz CT molecular complexity index is 1610. The Hall–Kier alpha value is -3.77. The number of likely N-dealkylation sites (tertiary alicyclic amines) is 1. The minimum Gasteiger partial charge on any atom is -0.490 e. The van der Waals surface area contributed by atoms with Gasteiger partial charge in [0.2, 0.25) is 10.0 Å². The molecule has 2 heterocycles. The molecular weight excluding hydrogens is 550 g/mol. The SMILES string of the molecule is CCCCS(=O)(=O)N1c2ccc(OC3CCN(C(=O)OC(C)(C)C)CC3)cc2CC1c1ccc2ccc(C#N)cc2c1. The molecule has 1 atom stereocenters. The zero-order valence-electron chi connectivity index (χ0n) is 24.8. The Kier molecular flexibility index (Phi) is 8.38. The summed E-state index contributed by atoms with van der Waals surface area (Å²) in [6.07, 6.45) is 2.95. The molecule has 0 radical (unpaired) electrons. The van der Waals surface area contributed by atoms with Crippen LogP contribution < -0.4 is 9.04 Å². The molecule has 2 aliphatic heterocycles. The molecule has 3 aromatic rings. The summed E-state index contributed by atoms with van der Waals surface area (Å²) in [6.45, 7) is 8.69. The maximum atomic E-state index is 13.7. The molecule has 42 heavy (non-hydrogen) atoms. The van der Waals surface area contributed by atoms with Crippen LogP contribution in [-0.2, 0) is 21.2 Å². The molecule has 0 saturated carbocycles. The van der Waals surface area contributed by atoms with Crippen LogP contribution in [0.2, 0.25) is 0 Å². The first-order valence-corrected chi connectivity index (χ1v) is 16.3. The Labute approximate surface area is 248 Å². The van der Waals surface area contributed by atoms with E-state index in [1.165, 1.54) is 0 Å². The van der Waals surface area contributed by atoms with Crippen molar-refractivity contribution in [3.05, 3.63) is 71.3 Å². The quantitative estimate of drug-likeness (QED) is 0.303.